The van der Waals surface area contributed by atoms with Crippen LogP contribution in [0.15, 0.2) is 41.1 Å². The number of benzene rings is 1. The lowest BCUT2D eigenvalue weighted by Gasteiger charge is -2.51. The Morgan fingerprint density at radius 2 is 1.54 bits per heavy atom. The van der Waals surface area contributed by atoms with Gasteiger partial charge in [0.25, 0.3) is 17.4 Å². The van der Waals surface area contributed by atoms with Crippen LogP contribution >= 0.6 is 11.3 Å². The number of nitrogens with one attached hydrogen (secondary N) is 3. The van der Waals surface area contributed by atoms with Crippen LogP contribution in [-0.4, -0.2) is 151 Å². The molecule has 0 spiro atoms. The van der Waals surface area contributed by atoms with Gasteiger partial charge in [-0.25, -0.2) is 32.6 Å². The van der Waals surface area contributed by atoms with E-state index in [1.54, 1.807) is 94.1 Å². The van der Waals surface area contributed by atoms with Crippen LogP contribution in [-0.2, 0) is 72.4 Å². The monoisotopic (exact) mass is 1150 g/mol. The maximum Gasteiger partial charge on any atom is 0.413 e. The summed E-state index contributed by atoms with van der Waals surface area (Å²) in [5.74, 6) is -2.64. The van der Waals surface area contributed by atoms with Gasteiger partial charge in [0.1, 0.15) is 46.4 Å². The fourth-order valence-electron chi connectivity index (χ4n) is 8.34. The second-order valence-corrected chi connectivity index (χ2v) is 26.0. The van der Waals surface area contributed by atoms with Crippen LogP contribution in [0, 0.1) is 5.92 Å². The molecule has 436 valence electrons. The summed E-state index contributed by atoms with van der Waals surface area (Å²) in [6.07, 6.45) is 0.250. The summed E-state index contributed by atoms with van der Waals surface area (Å²) >= 11 is 0.878. The van der Waals surface area contributed by atoms with E-state index in [0.717, 1.165) is 28.0 Å². The highest BCUT2D eigenvalue weighted by molar-refractivity contribution is 7.80. The number of fused-ring (bicyclic) bond motifs is 1. The molecule has 3 aliphatic heterocycles. The summed E-state index contributed by atoms with van der Waals surface area (Å²) < 4.78 is 71.0. The molecule has 3 aromatic rings. The van der Waals surface area contributed by atoms with E-state index in [1.165, 1.54) is 26.2 Å². The summed E-state index contributed by atoms with van der Waals surface area (Å²) in [5.41, 5.74) is -5.44. The van der Waals surface area contributed by atoms with Gasteiger partial charge in [-0.3, -0.25) is 14.9 Å². The van der Waals surface area contributed by atoms with E-state index < -0.39 is 104 Å². The third kappa shape index (κ3) is 16.5. The lowest BCUT2D eigenvalue weighted by Crippen LogP contribution is -2.76. The molecule has 79 heavy (non-hydrogen) atoms. The molecule has 2 aromatic heterocycles. The summed E-state index contributed by atoms with van der Waals surface area (Å²) in [6, 6.07) is 4.02. The minimum atomic E-state index is -5.38. The Morgan fingerprint density at radius 3 is 2.14 bits per heavy atom. The standard InChI is InChI=1S/C51H73N9O17S2/c1-46(2,3)72-41(64)51(15,76-56-37(34-28-78-42(53-34)55-44(66)74-48(7,8)9)39(62)54-38-40(63)60(50(38,13)14)77-79(68,69)70)36-19-17-31-20-30(16-18-35(31)71-36)32-25-58(24-29-22-57(23-29)45(67)75-49(10,11)12)59(26-32)27-33(61)21-52-43(65)73-47(4,5)6/h16,18,20,25-26,28-29,33,36,38,61H,17,19,21-24,27H2,1-15H3,(H3-,52,53,54,55,62,65,66,68,69,70)/b56-37-. The van der Waals surface area contributed by atoms with Gasteiger partial charge in [0, 0.05) is 25.0 Å². The van der Waals surface area contributed by atoms with E-state index in [9.17, 15) is 46.8 Å². The number of hydrogen-bond donors (Lipinski definition) is 4. The molecule has 0 bridgehead atoms. The zero-order valence-corrected chi connectivity index (χ0v) is 48.8. The van der Waals surface area contributed by atoms with E-state index in [1.807, 2.05) is 33.9 Å². The minimum Gasteiger partial charge on any atom is -0.724 e. The highest BCUT2D eigenvalue weighted by Gasteiger charge is 2.58. The van der Waals surface area contributed by atoms with Crippen LogP contribution < -0.4 is 25.4 Å². The number of likely N-dealkylation sites (tertiary alicyclic amines) is 1. The van der Waals surface area contributed by atoms with Crippen molar-refractivity contribution in [2.24, 2.45) is 11.1 Å². The molecule has 0 saturated carbocycles. The first-order chi connectivity index (χ1) is 36.2. The number of alkyl carbamates (subject to hydrolysis) is 1. The minimum absolute atomic E-state index is 0.0342. The SMILES string of the molecule is CC(C)(C)OC(=O)NCC(O)Cn1cc(-c2ccc3c(c2)CCC(C(C)(O/N=C(\C(=O)NC2C(=O)N(OS(=O)(=O)[O-])C2(C)C)c2csc(NC(=O)OC(C)(C)C)n2)C(=O)OC(C)(C)C)O3)c[n+]1CC1CN(C(=O)OC(C)(C)C)C1. The smallest absolute Gasteiger partial charge is 0.413 e. The molecule has 2 saturated heterocycles. The second-order valence-electron chi connectivity index (χ2n) is 24.2. The summed E-state index contributed by atoms with van der Waals surface area (Å²) in [7, 11) is -5.38. The number of carbonyl (C=O) groups excluding carboxylic acids is 6. The average Bonchev–Trinajstić information content (AvgIpc) is 3.90. The number of nitrogens with zero attached hydrogens (tertiary/aromatic N) is 6. The Bertz CT molecular complexity index is 2920. The van der Waals surface area contributed by atoms with Crippen molar-refractivity contribution in [3.8, 4) is 16.9 Å². The number of hydroxylamine groups is 2. The van der Waals surface area contributed by atoms with Gasteiger partial charge in [-0.05, 0) is 140 Å². The zero-order valence-electron chi connectivity index (χ0n) is 47.2. The first kappa shape index (κ1) is 61.6. The molecule has 5 amide bonds. The van der Waals surface area contributed by atoms with Gasteiger partial charge in [0.05, 0.1) is 29.3 Å². The third-order valence-corrected chi connectivity index (χ3v) is 13.1. The molecule has 0 radical (unpaired) electrons. The summed E-state index contributed by atoms with van der Waals surface area (Å²) in [6.45, 7) is 26.0. The largest absolute Gasteiger partial charge is 0.724 e. The maximum atomic E-state index is 14.4. The first-order valence-electron chi connectivity index (χ1n) is 25.5. The number of aliphatic hydroxyl groups excluding tert-OH is 1. The molecule has 4 N–H and O–H groups in total. The molecule has 28 heteroatoms. The molecule has 4 atom stereocenters. The highest BCUT2D eigenvalue weighted by atomic mass is 32.3. The first-order valence-corrected chi connectivity index (χ1v) is 27.7. The normalized spacial score (nSPS) is 19.1. The van der Waals surface area contributed by atoms with Crippen LogP contribution in [0.5, 0.6) is 5.75 Å². The molecule has 3 aliphatic rings. The van der Waals surface area contributed by atoms with E-state index in [4.69, 9.17) is 28.5 Å². The van der Waals surface area contributed by atoms with Crippen LogP contribution in [0.25, 0.3) is 11.1 Å². The predicted octanol–water partition coefficient (Wildman–Crippen LogP) is 4.71. The number of anilines is 1. The van der Waals surface area contributed by atoms with Crippen LogP contribution in [0.3, 0.4) is 0 Å². The van der Waals surface area contributed by atoms with Gasteiger partial charge >= 0.3 is 24.2 Å². The highest BCUT2D eigenvalue weighted by Crippen LogP contribution is 2.38. The average molecular weight is 1150 g/mol. The van der Waals surface area contributed by atoms with Gasteiger partial charge in [-0.15, -0.1) is 16.0 Å². The number of aliphatic hydroxyl groups is 1. The number of esters is 1. The van der Waals surface area contributed by atoms with Crippen molar-refractivity contribution < 1.29 is 84.3 Å². The number of oxime groups is 1. The van der Waals surface area contributed by atoms with Crippen molar-refractivity contribution >= 4 is 68.6 Å². The number of ether oxygens (including phenoxy) is 5. The van der Waals surface area contributed by atoms with E-state index in [0.29, 0.717) is 36.9 Å². The van der Waals surface area contributed by atoms with Crippen molar-refractivity contribution in [2.75, 3.05) is 25.0 Å². The predicted molar refractivity (Wildman–Crippen MR) is 282 cm³/mol. The number of rotatable bonds is 17. The molecular weight excluding hydrogens is 1070 g/mol. The van der Waals surface area contributed by atoms with Gasteiger partial charge in [-0.1, -0.05) is 11.2 Å². The second kappa shape index (κ2) is 22.9. The quantitative estimate of drug-likeness (QED) is 0.0208. The molecule has 2 fully saturated rings. The zero-order chi connectivity index (χ0) is 59.0. The van der Waals surface area contributed by atoms with Gasteiger partial charge in [0.15, 0.2) is 23.5 Å². The summed E-state index contributed by atoms with van der Waals surface area (Å²) in [4.78, 5) is 91.6. The Balaban J connectivity index is 1.28. The van der Waals surface area contributed by atoms with Crippen molar-refractivity contribution in [3.63, 3.8) is 0 Å². The molecular formula is C51H73N9O17S2. The van der Waals surface area contributed by atoms with Crippen molar-refractivity contribution in [1.82, 2.24) is 30.3 Å². The summed E-state index contributed by atoms with van der Waals surface area (Å²) in [5, 5.41) is 24.5. The number of amides is 5. The number of hydrogen-bond acceptors (Lipinski definition) is 20. The number of β-lactam (4-membered cyclic amide) rings is 1. The number of thiazole rings is 1. The molecule has 0 aliphatic carbocycles. The van der Waals surface area contributed by atoms with E-state index in [2.05, 4.69) is 30.4 Å². The van der Waals surface area contributed by atoms with Crippen molar-refractivity contribution in [1.29, 1.82) is 0 Å². The van der Waals surface area contributed by atoms with Gasteiger partial charge < -0.3 is 53.7 Å². The van der Waals surface area contributed by atoms with Crippen LogP contribution in [0.2, 0.25) is 0 Å². The Labute approximate surface area is 463 Å². The molecule has 1 aromatic carbocycles. The van der Waals surface area contributed by atoms with E-state index in [-0.39, 0.29) is 36.3 Å². The van der Waals surface area contributed by atoms with E-state index >= 15 is 0 Å². The fraction of sp³-hybridized carbons (Fsp3) is 0.627. The van der Waals surface area contributed by atoms with Crippen LogP contribution in [0.4, 0.5) is 19.5 Å². The van der Waals surface area contributed by atoms with Crippen LogP contribution in [0.1, 0.15) is 122 Å². The third-order valence-electron chi connectivity index (χ3n) is 12.0. The molecule has 6 rings (SSSR count). The molecule has 4 unspecified atom stereocenters. The maximum absolute atomic E-state index is 14.4. The molecule has 5 heterocycles. The number of aromatic nitrogens is 3. The lowest BCUT2D eigenvalue weighted by atomic mass is 9.84. The Kier molecular flexibility index (Phi) is 17.8. The Morgan fingerprint density at radius 1 is 0.924 bits per heavy atom. The fourth-order valence-corrected chi connectivity index (χ4v) is 9.47. The van der Waals surface area contributed by atoms with Crippen molar-refractivity contribution in [3.05, 3.63) is 47.2 Å². The Hall–Kier alpha value is -6.62. The number of aryl methyl sites for hydroxylation is 1. The topological polar surface area (TPSA) is 321 Å². The lowest BCUT2D eigenvalue weighted by molar-refractivity contribution is -0.782. The van der Waals surface area contributed by atoms with Gasteiger partial charge in [0.2, 0.25) is 16.6 Å². The number of carbonyl (C=O) groups is 6. The van der Waals surface area contributed by atoms with Gasteiger partial charge in [-0.2, -0.15) is 14.0 Å². The van der Waals surface area contributed by atoms with Crippen molar-refractivity contribution in [2.45, 2.75) is 182 Å². The molecule has 26 nitrogen and oxygen atoms in total.